The number of carbonyl (C=O) groups is 4. The zero-order valence-corrected chi connectivity index (χ0v) is 17.1. The van der Waals surface area contributed by atoms with Crippen LogP contribution in [0.4, 0.5) is 5.69 Å². The Morgan fingerprint density at radius 2 is 1.70 bits per heavy atom. The van der Waals surface area contributed by atoms with Crippen molar-refractivity contribution in [2.75, 3.05) is 32.3 Å². The number of amides is 2. The Bertz CT molecular complexity index is 818. The van der Waals surface area contributed by atoms with Gasteiger partial charge >= 0.3 is 11.9 Å². The van der Waals surface area contributed by atoms with Crippen LogP contribution in [0, 0.1) is 0 Å². The average molecular weight is 418 g/mol. The SMILES string of the molecule is COC(=O)c1cc(C(=O)OC)cc(N2C(=O)C[C@H](N3CCCC[C@@H]3CCO)C2=O)c1. The zero-order chi connectivity index (χ0) is 21.8. The van der Waals surface area contributed by atoms with Crippen LogP contribution in [0.15, 0.2) is 18.2 Å². The second-order valence-electron chi connectivity index (χ2n) is 7.44. The van der Waals surface area contributed by atoms with E-state index in [-0.39, 0.29) is 35.9 Å². The Morgan fingerprint density at radius 1 is 1.07 bits per heavy atom. The summed E-state index contributed by atoms with van der Waals surface area (Å²) in [6.45, 7) is 0.696. The zero-order valence-electron chi connectivity index (χ0n) is 17.1. The number of rotatable bonds is 6. The molecule has 2 atom stereocenters. The molecule has 0 radical (unpaired) electrons. The monoisotopic (exact) mass is 418 g/mol. The fourth-order valence-corrected chi connectivity index (χ4v) is 4.25. The molecule has 0 unspecified atom stereocenters. The van der Waals surface area contributed by atoms with Crippen LogP contribution in [0.2, 0.25) is 0 Å². The second-order valence-corrected chi connectivity index (χ2v) is 7.44. The number of piperidine rings is 1. The number of likely N-dealkylation sites (tertiary alicyclic amines) is 1. The summed E-state index contributed by atoms with van der Waals surface area (Å²) in [4.78, 5) is 53.1. The van der Waals surface area contributed by atoms with Gasteiger partial charge in [0.05, 0.1) is 43.5 Å². The number of carbonyl (C=O) groups excluding carboxylic acids is 4. The molecule has 0 bridgehead atoms. The van der Waals surface area contributed by atoms with E-state index in [1.54, 1.807) is 0 Å². The first-order valence-electron chi connectivity index (χ1n) is 9.96. The molecule has 3 rings (SSSR count). The lowest BCUT2D eigenvalue weighted by Gasteiger charge is -2.38. The van der Waals surface area contributed by atoms with Gasteiger partial charge in [-0.05, 0) is 44.0 Å². The van der Waals surface area contributed by atoms with Crippen LogP contribution >= 0.6 is 0 Å². The number of ether oxygens (including phenoxy) is 2. The highest BCUT2D eigenvalue weighted by molar-refractivity contribution is 6.23. The molecular weight excluding hydrogens is 392 g/mol. The fraction of sp³-hybridized carbons (Fsp3) is 0.524. The van der Waals surface area contributed by atoms with Crippen molar-refractivity contribution in [2.24, 2.45) is 0 Å². The number of anilines is 1. The van der Waals surface area contributed by atoms with Crippen LogP contribution in [-0.4, -0.2) is 73.2 Å². The molecule has 2 amide bonds. The number of hydrogen-bond acceptors (Lipinski definition) is 8. The molecule has 9 nitrogen and oxygen atoms in total. The summed E-state index contributed by atoms with van der Waals surface area (Å²) in [6, 6.07) is 3.43. The lowest BCUT2D eigenvalue weighted by molar-refractivity contribution is -0.124. The van der Waals surface area contributed by atoms with Crippen LogP contribution in [0.25, 0.3) is 0 Å². The first kappa shape index (κ1) is 21.9. The Morgan fingerprint density at radius 3 is 2.27 bits per heavy atom. The molecule has 1 aromatic carbocycles. The number of esters is 2. The quantitative estimate of drug-likeness (QED) is 0.540. The van der Waals surface area contributed by atoms with Gasteiger partial charge in [-0.15, -0.1) is 0 Å². The topological polar surface area (TPSA) is 113 Å². The maximum atomic E-state index is 13.2. The molecule has 2 aliphatic heterocycles. The average Bonchev–Trinajstić information content (AvgIpc) is 3.06. The van der Waals surface area contributed by atoms with Crippen molar-refractivity contribution in [1.29, 1.82) is 0 Å². The Hall–Kier alpha value is -2.78. The van der Waals surface area contributed by atoms with Crippen LogP contribution < -0.4 is 4.90 Å². The lowest BCUT2D eigenvalue weighted by atomic mass is 9.97. The van der Waals surface area contributed by atoms with Gasteiger partial charge in [0, 0.05) is 12.6 Å². The van der Waals surface area contributed by atoms with Crippen molar-refractivity contribution in [3.63, 3.8) is 0 Å². The smallest absolute Gasteiger partial charge is 0.337 e. The van der Waals surface area contributed by atoms with Gasteiger partial charge in [0.2, 0.25) is 5.91 Å². The van der Waals surface area contributed by atoms with E-state index in [0.29, 0.717) is 13.0 Å². The van der Waals surface area contributed by atoms with Crippen molar-refractivity contribution in [3.05, 3.63) is 29.3 Å². The molecule has 0 spiro atoms. The third-order valence-corrected chi connectivity index (χ3v) is 5.68. The number of benzene rings is 1. The molecule has 9 heteroatoms. The van der Waals surface area contributed by atoms with Crippen molar-refractivity contribution in [1.82, 2.24) is 4.90 Å². The molecule has 0 aliphatic carbocycles. The number of imide groups is 1. The molecule has 30 heavy (non-hydrogen) atoms. The molecule has 0 aromatic heterocycles. The number of aliphatic hydroxyl groups is 1. The molecule has 1 aromatic rings. The number of hydrogen-bond donors (Lipinski definition) is 1. The maximum Gasteiger partial charge on any atom is 0.337 e. The van der Waals surface area contributed by atoms with Crippen molar-refractivity contribution >= 4 is 29.4 Å². The highest BCUT2D eigenvalue weighted by Gasteiger charge is 2.45. The van der Waals surface area contributed by atoms with Crippen LogP contribution in [0.5, 0.6) is 0 Å². The predicted molar refractivity (Wildman–Crippen MR) is 106 cm³/mol. The van der Waals surface area contributed by atoms with E-state index in [0.717, 1.165) is 24.2 Å². The van der Waals surface area contributed by atoms with E-state index in [9.17, 15) is 24.3 Å². The van der Waals surface area contributed by atoms with Crippen molar-refractivity contribution in [2.45, 2.75) is 44.2 Å². The maximum absolute atomic E-state index is 13.2. The Labute approximate surface area is 174 Å². The highest BCUT2D eigenvalue weighted by atomic mass is 16.5. The largest absolute Gasteiger partial charge is 0.465 e. The molecule has 2 heterocycles. The Balaban J connectivity index is 1.95. The summed E-state index contributed by atoms with van der Waals surface area (Å²) in [5.41, 5.74) is 0.206. The summed E-state index contributed by atoms with van der Waals surface area (Å²) in [5, 5.41) is 9.36. The van der Waals surface area contributed by atoms with Gasteiger partial charge in [-0.25, -0.2) is 14.5 Å². The summed E-state index contributed by atoms with van der Waals surface area (Å²) >= 11 is 0. The van der Waals surface area contributed by atoms with E-state index >= 15 is 0 Å². The van der Waals surface area contributed by atoms with E-state index in [1.165, 1.54) is 32.4 Å². The van der Waals surface area contributed by atoms with Crippen LogP contribution in [0.1, 0.15) is 52.8 Å². The Kier molecular flexibility index (Phi) is 6.84. The van der Waals surface area contributed by atoms with E-state index in [4.69, 9.17) is 9.47 Å². The van der Waals surface area contributed by atoms with Gasteiger partial charge in [0.15, 0.2) is 0 Å². The number of methoxy groups -OCH3 is 2. The van der Waals surface area contributed by atoms with E-state index in [1.807, 2.05) is 4.90 Å². The van der Waals surface area contributed by atoms with Gasteiger partial charge < -0.3 is 14.6 Å². The number of nitrogens with zero attached hydrogens (tertiary/aromatic N) is 2. The first-order chi connectivity index (χ1) is 14.4. The van der Waals surface area contributed by atoms with Gasteiger partial charge in [-0.3, -0.25) is 14.5 Å². The minimum Gasteiger partial charge on any atom is -0.465 e. The third kappa shape index (κ3) is 4.22. The van der Waals surface area contributed by atoms with E-state index in [2.05, 4.69) is 0 Å². The van der Waals surface area contributed by atoms with Gasteiger partial charge in [-0.2, -0.15) is 0 Å². The minimum absolute atomic E-state index is 0.0107. The predicted octanol–water partition coefficient (Wildman–Crippen LogP) is 1.13. The van der Waals surface area contributed by atoms with E-state index < -0.39 is 29.8 Å². The van der Waals surface area contributed by atoms with Gasteiger partial charge in [0.25, 0.3) is 5.91 Å². The third-order valence-electron chi connectivity index (χ3n) is 5.68. The molecule has 162 valence electrons. The summed E-state index contributed by atoms with van der Waals surface area (Å²) in [7, 11) is 2.40. The molecule has 0 saturated carbocycles. The molecule has 1 N–H and O–H groups in total. The van der Waals surface area contributed by atoms with Crippen molar-refractivity contribution in [3.8, 4) is 0 Å². The normalized spacial score (nSPS) is 22.3. The lowest BCUT2D eigenvalue weighted by Crippen LogP contribution is -2.50. The van der Waals surface area contributed by atoms with Gasteiger partial charge in [0.1, 0.15) is 0 Å². The summed E-state index contributed by atoms with van der Waals surface area (Å²) in [6.07, 6.45) is 3.36. The van der Waals surface area contributed by atoms with Crippen LogP contribution in [-0.2, 0) is 19.1 Å². The van der Waals surface area contributed by atoms with Gasteiger partial charge in [-0.1, -0.05) is 6.42 Å². The first-order valence-corrected chi connectivity index (χ1v) is 9.96. The highest BCUT2D eigenvalue weighted by Crippen LogP contribution is 2.32. The summed E-state index contributed by atoms with van der Waals surface area (Å²) in [5.74, 6) is -2.20. The van der Waals surface area contributed by atoms with Crippen molar-refractivity contribution < 1.29 is 33.8 Å². The molecular formula is C21H26N2O7. The molecule has 2 saturated heterocycles. The number of aliphatic hydroxyl groups excluding tert-OH is 1. The minimum atomic E-state index is -0.698. The second kappa shape index (κ2) is 9.36. The standard InChI is InChI=1S/C21H26N2O7/c1-29-20(27)13-9-14(21(28)30-2)11-16(10-13)23-18(25)12-17(19(23)26)22-7-4-3-5-15(22)6-8-24/h9-11,15,17,24H,3-8,12H2,1-2H3/t15-,17+/m1/s1. The fourth-order valence-electron chi connectivity index (χ4n) is 4.25. The molecule has 2 fully saturated rings. The summed E-state index contributed by atoms with van der Waals surface area (Å²) < 4.78 is 9.44. The van der Waals surface area contributed by atoms with Crippen LogP contribution in [0.3, 0.4) is 0 Å². The molecule has 2 aliphatic rings.